The molecule has 0 aromatic heterocycles. The molecule has 3 fully saturated rings. The van der Waals surface area contributed by atoms with Crippen LogP contribution >= 0.6 is 0 Å². The summed E-state index contributed by atoms with van der Waals surface area (Å²) in [6.07, 6.45) is 12.0. The van der Waals surface area contributed by atoms with Gasteiger partial charge in [-0.15, -0.1) is 0 Å². The number of urea groups is 1. The van der Waals surface area contributed by atoms with Crippen LogP contribution in [0.5, 0.6) is 0 Å². The summed E-state index contributed by atoms with van der Waals surface area (Å²) in [6, 6.07) is 0.265. The molecule has 0 bridgehead atoms. The average molecular weight is 293 g/mol. The maximum Gasteiger partial charge on any atom is 0.322 e. The highest BCUT2D eigenvalue weighted by atomic mass is 16.2. The molecule has 1 saturated heterocycles. The Bertz CT molecular complexity index is 404. The summed E-state index contributed by atoms with van der Waals surface area (Å²) in [4.78, 5) is 23.6. The number of nitrogens with one attached hydrogen (secondary N) is 3. The Kier molecular flexibility index (Phi) is 4.48. The van der Waals surface area contributed by atoms with Crippen molar-refractivity contribution in [3.8, 4) is 0 Å². The molecule has 0 radical (unpaired) electrons. The normalized spacial score (nSPS) is 34.6. The first kappa shape index (κ1) is 14.8. The fourth-order valence-corrected chi connectivity index (χ4v) is 4.29. The van der Waals surface area contributed by atoms with Gasteiger partial charge in [-0.1, -0.05) is 38.5 Å². The van der Waals surface area contributed by atoms with Crippen LogP contribution in [-0.4, -0.2) is 30.1 Å². The Morgan fingerprint density at radius 2 is 1.71 bits per heavy atom. The molecule has 0 aromatic carbocycles. The third-order valence-corrected chi connectivity index (χ3v) is 5.55. The molecule has 118 valence electrons. The van der Waals surface area contributed by atoms with Crippen molar-refractivity contribution >= 4 is 11.9 Å². The number of rotatable bonds is 3. The van der Waals surface area contributed by atoms with Gasteiger partial charge in [0.1, 0.15) is 5.54 Å². The molecule has 0 unspecified atom stereocenters. The Hall–Kier alpha value is -1.10. The summed E-state index contributed by atoms with van der Waals surface area (Å²) in [5.41, 5.74) is -0.633. The van der Waals surface area contributed by atoms with Crippen molar-refractivity contribution in [1.29, 1.82) is 0 Å². The summed E-state index contributed by atoms with van der Waals surface area (Å²) < 4.78 is 0. The third kappa shape index (κ3) is 3.07. The van der Waals surface area contributed by atoms with E-state index < -0.39 is 5.54 Å². The number of hydrogen-bond donors (Lipinski definition) is 3. The van der Waals surface area contributed by atoms with Gasteiger partial charge >= 0.3 is 6.03 Å². The van der Waals surface area contributed by atoms with Gasteiger partial charge in [0.15, 0.2) is 0 Å². The lowest BCUT2D eigenvalue weighted by molar-refractivity contribution is -0.125. The van der Waals surface area contributed by atoms with Gasteiger partial charge in [-0.25, -0.2) is 4.79 Å². The fraction of sp³-hybridized carbons (Fsp3) is 0.875. The molecule has 0 aromatic rings. The third-order valence-electron chi connectivity index (χ3n) is 5.55. The maximum absolute atomic E-state index is 12.1. The molecular weight excluding hydrogens is 266 g/mol. The molecule has 2 saturated carbocycles. The van der Waals surface area contributed by atoms with Gasteiger partial charge < -0.3 is 10.6 Å². The predicted octanol–water partition coefficient (Wildman–Crippen LogP) is 2.07. The van der Waals surface area contributed by atoms with E-state index >= 15 is 0 Å². The van der Waals surface area contributed by atoms with E-state index in [9.17, 15) is 9.59 Å². The van der Waals surface area contributed by atoms with E-state index in [-0.39, 0.29) is 17.9 Å². The standard InChI is InChI=1S/C16H27N3O2/c20-14-16(19-15(21)18-14)10-6-7-12(16)11-17-13-8-4-2-1-3-5-9-13/h12-13,17H,1-11H2,(H2,18,19,20,21)/t12-,16+/m1/s1. The molecule has 1 aliphatic heterocycles. The average Bonchev–Trinajstić information content (AvgIpc) is 2.93. The second-order valence-electron chi connectivity index (χ2n) is 6.92. The van der Waals surface area contributed by atoms with Gasteiger partial charge in [-0.05, 0) is 25.7 Å². The van der Waals surface area contributed by atoms with Crippen LogP contribution in [0, 0.1) is 5.92 Å². The first-order valence-electron chi connectivity index (χ1n) is 8.58. The van der Waals surface area contributed by atoms with Crippen LogP contribution in [0.1, 0.15) is 64.2 Å². The van der Waals surface area contributed by atoms with Gasteiger partial charge in [-0.3, -0.25) is 10.1 Å². The second-order valence-corrected chi connectivity index (χ2v) is 6.92. The van der Waals surface area contributed by atoms with Crippen molar-refractivity contribution in [3.63, 3.8) is 0 Å². The van der Waals surface area contributed by atoms with Gasteiger partial charge in [0.05, 0.1) is 0 Å². The lowest BCUT2D eigenvalue weighted by Gasteiger charge is -2.30. The molecule has 3 amide bonds. The first-order chi connectivity index (χ1) is 10.2. The summed E-state index contributed by atoms with van der Waals surface area (Å²) in [5.74, 6) is 0.115. The maximum atomic E-state index is 12.1. The smallest absolute Gasteiger partial charge is 0.322 e. The van der Waals surface area contributed by atoms with Crippen molar-refractivity contribution < 1.29 is 9.59 Å². The van der Waals surface area contributed by atoms with E-state index in [2.05, 4.69) is 16.0 Å². The number of carbonyl (C=O) groups is 2. The van der Waals surface area contributed by atoms with E-state index in [0.717, 1.165) is 25.8 Å². The Balaban J connectivity index is 1.56. The van der Waals surface area contributed by atoms with Crippen LogP contribution in [-0.2, 0) is 4.79 Å². The summed E-state index contributed by atoms with van der Waals surface area (Å²) in [5, 5.41) is 9.01. The lowest BCUT2D eigenvalue weighted by atomic mass is 9.86. The van der Waals surface area contributed by atoms with Gasteiger partial charge in [-0.2, -0.15) is 0 Å². The topological polar surface area (TPSA) is 70.2 Å². The highest BCUT2D eigenvalue weighted by Gasteiger charge is 2.54. The van der Waals surface area contributed by atoms with E-state index in [1.54, 1.807) is 0 Å². The fourth-order valence-electron chi connectivity index (χ4n) is 4.29. The van der Waals surface area contributed by atoms with Crippen LogP contribution in [0.2, 0.25) is 0 Å². The minimum Gasteiger partial charge on any atom is -0.323 e. The molecule has 5 heteroatoms. The zero-order valence-corrected chi connectivity index (χ0v) is 12.7. The zero-order valence-electron chi connectivity index (χ0n) is 12.7. The molecule has 2 aliphatic carbocycles. The Labute approximate surface area is 126 Å². The van der Waals surface area contributed by atoms with Crippen molar-refractivity contribution in [3.05, 3.63) is 0 Å². The molecule has 3 aliphatic rings. The highest BCUT2D eigenvalue weighted by molar-refractivity contribution is 6.07. The first-order valence-corrected chi connectivity index (χ1v) is 8.58. The SMILES string of the molecule is O=C1NC(=O)[C@@]2(CCC[C@@H]2CNC2CCCCCCC2)N1. The molecule has 21 heavy (non-hydrogen) atoms. The number of carbonyl (C=O) groups excluding carboxylic acids is 2. The lowest BCUT2D eigenvalue weighted by Crippen LogP contribution is -2.53. The van der Waals surface area contributed by atoms with Crippen LogP contribution in [0.25, 0.3) is 0 Å². The van der Waals surface area contributed by atoms with Crippen LogP contribution in [0.15, 0.2) is 0 Å². The Morgan fingerprint density at radius 1 is 1.00 bits per heavy atom. The second kappa shape index (κ2) is 6.34. The van der Waals surface area contributed by atoms with Crippen molar-refractivity contribution in [2.75, 3.05) is 6.54 Å². The molecule has 1 heterocycles. The van der Waals surface area contributed by atoms with E-state index in [1.165, 1.54) is 44.9 Å². The van der Waals surface area contributed by atoms with Gasteiger partial charge in [0, 0.05) is 18.5 Å². The van der Waals surface area contributed by atoms with E-state index in [0.29, 0.717) is 6.04 Å². The molecule has 2 atom stereocenters. The van der Waals surface area contributed by atoms with E-state index in [4.69, 9.17) is 0 Å². The quantitative estimate of drug-likeness (QED) is 0.698. The number of imide groups is 1. The van der Waals surface area contributed by atoms with Gasteiger partial charge in [0.2, 0.25) is 0 Å². The van der Waals surface area contributed by atoms with Crippen molar-refractivity contribution in [2.24, 2.45) is 5.92 Å². The van der Waals surface area contributed by atoms with Crippen LogP contribution in [0.3, 0.4) is 0 Å². The molecular formula is C16H27N3O2. The predicted molar refractivity (Wildman–Crippen MR) is 80.9 cm³/mol. The van der Waals surface area contributed by atoms with Crippen molar-refractivity contribution in [1.82, 2.24) is 16.0 Å². The van der Waals surface area contributed by atoms with E-state index in [1.807, 2.05) is 0 Å². The van der Waals surface area contributed by atoms with Gasteiger partial charge in [0.25, 0.3) is 5.91 Å². The largest absolute Gasteiger partial charge is 0.323 e. The monoisotopic (exact) mass is 293 g/mol. The summed E-state index contributed by atoms with van der Waals surface area (Å²) >= 11 is 0. The minimum atomic E-state index is -0.633. The summed E-state index contributed by atoms with van der Waals surface area (Å²) in [6.45, 7) is 0.846. The number of hydrogen-bond acceptors (Lipinski definition) is 3. The summed E-state index contributed by atoms with van der Waals surface area (Å²) in [7, 11) is 0. The zero-order chi connectivity index (χ0) is 14.7. The van der Waals surface area contributed by atoms with Crippen LogP contribution < -0.4 is 16.0 Å². The highest BCUT2D eigenvalue weighted by Crippen LogP contribution is 2.37. The Morgan fingerprint density at radius 3 is 2.38 bits per heavy atom. The molecule has 1 spiro atoms. The molecule has 3 rings (SSSR count). The van der Waals surface area contributed by atoms with Crippen LogP contribution in [0.4, 0.5) is 4.79 Å². The number of amides is 3. The van der Waals surface area contributed by atoms with Crippen molar-refractivity contribution in [2.45, 2.75) is 75.8 Å². The minimum absolute atomic E-state index is 0.116. The molecule has 3 N–H and O–H groups in total. The molecule has 5 nitrogen and oxygen atoms in total.